The molecule has 1 amide bonds. The van der Waals surface area contributed by atoms with Crippen molar-refractivity contribution in [1.29, 1.82) is 0 Å². The summed E-state index contributed by atoms with van der Waals surface area (Å²) in [4.78, 5) is 23.8. The second kappa shape index (κ2) is 9.82. The number of halogens is 1. The summed E-state index contributed by atoms with van der Waals surface area (Å²) in [6.45, 7) is 3.99. The molecule has 0 saturated heterocycles. The zero-order chi connectivity index (χ0) is 18.9. The van der Waals surface area contributed by atoms with Gasteiger partial charge in [-0.1, -0.05) is 35.9 Å². The van der Waals surface area contributed by atoms with Crippen LogP contribution in [0.25, 0.3) is 0 Å². The van der Waals surface area contributed by atoms with Crippen LogP contribution in [0.1, 0.15) is 24.5 Å². The molecule has 0 unspecified atom stereocenters. The molecule has 26 heavy (non-hydrogen) atoms. The quantitative estimate of drug-likeness (QED) is 0.703. The number of carbonyl (C=O) groups is 2. The van der Waals surface area contributed by atoms with E-state index < -0.39 is 11.9 Å². The summed E-state index contributed by atoms with van der Waals surface area (Å²) in [7, 11) is 0. The summed E-state index contributed by atoms with van der Waals surface area (Å²) in [5.41, 5.74) is 2.41. The van der Waals surface area contributed by atoms with Gasteiger partial charge in [0.1, 0.15) is 5.75 Å². The van der Waals surface area contributed by atoms with Gasteiger partial charge in [0.2, 0.25) is 0 Å². The average molecular weight is 376 g/mol. The van der Waals surface area contributed by atoms with Gasteiger partial charge < -0.3 is 14.8 Å². The summed E-state index contributed by atoms with van der Waals surface area (Å²) >= 11 is 5.92. The summed E-state index contributed by atoms with van der Waals surface area (Å²) in [5, 5.41) is 3.21. The molecule has 0 spiro atoms. The molecule has 0 aliphatic rings. The first-order valence-electron chi connectivity index (χ1n) is 8.42. The van der Waals surface area contributed by atoms with Gasteiger partial charge in [0.05, 0.1) is 6.61 Å². The Bertz CT molecular complexity index is 776. The predicted octanol–water partition coefficient (Wildman–Crippen LogP) is 4.16. The van der Waals surface area contributed by atoms with Crippen molar-refractivity contribution < 1.29 is 19.1 Å². The van der Waals surface area contributed by atoms with Crippen LogP contribution in [0, 0.1) is 6.92 Å². The van der Waals surface area contributed by atoms with Crippen LogP contribution in [0.5, 0.6) is 5.75 Å². The number of benzene rings is 2. The Hall–Kier alpha value is -2.53. The zero-order valence-electron chi connectivity index (χ0n) is 14.9. The zero-order valence-corrected chi connectivity index (χ0v) is 15.6. The van der Waals surface area contributed by atoms with Crippen molar-refractivity contribution in [2.24, 2.45) is 0 Å². The number of nitrogens with one attached hydrogen (secondary N) is 1. The number of carbonyl (C=O) groups excluding carboxylic acids is 2. The third kappa shape index (κ3) is 6.08. The second-order valence-corrected chi connectivity index (χ2v) is 6.15. The molecule has 0 atom stereocenters. The maximum atomic E-state index is 11.9. The van der Waals surface area contributed by atoms with Crippen LogP contribution in [0.15, 0.2) is 42.5 Å². The van der Waals surface area contributed by atoms with Crippen molar-refractivity contribution in [2.45, 2.75) is 26.7 Å². The van der Waals surface area contributed by atoms with Gasteiger partial charge in [-0.05, 0) is 49.6 Å². The van der Waals surface area contributed by atoms with Crippen LogP contribution in [0.3, 0.4) is 0 Å². The van der Waals surface area contributed by atoms with Gasteiger partial charge in [-0.2, -0.15) is 0 Å². The Kier molecular flexibility index (Phi) is 7.48. The predicted molar refractivity (Wildman–Crippen MR) is 102 cm³/mol. The first-order valence-corrected chi connectivity index (χ1v) is 8.79. The van der Waals surface area contributed by atoms with Gasteiger partial charge in [-0.15, -0.1) is 0 Å². The smallest absolute Gasteiger partial charge is 0.306 e. The van der Waals surface area contributed by atoms with Crippen molar-refractivity contribution in [3.8, 4) is 5.75 Å². The van der Waals surface area contributed by atoms with E-state index in [0.29, 0.717) is 23.7 Å². The van der Waals surface area contributed by atoms with Gasteiger partial charge in [-0.25, -0.2) is 0 Å². The highest BCUT2D eigenvalue weighted by Crippen LogP contribution is 2.21. The SMILES string of the molecule is CCOc1ccccc1CCC(=O)OCC(=O)Nc1cc(Cl)ccc1C. The summed E-state index contributed by atoms with van der Waals surface area (Å²) in [6.07, 6.45) is 0.664. The Morgan fingerprint density at radius 1 is 1.15 bits per heavy atom. The second-order valence-electron chi connectivity index (χ2n) is 5.71. The monoisotopic (exact) mass is 375 g/mol. The topological polar surface area (TPSA) is 64.6 Å². The number of anilines is 1. The lowest BCUT2D eigenvalue weighted by molar-refractivity contribution is -0.147. The molecule has 138 valence electrons. The lowest BCUT2D eigenvalue weighted by Crippen LogP contribution is -2.21. The van der Waals surface area contributed by atoms with Crippen LogP contribution < -0.4 is 10.1 Å². The molecule has 0 aliphatic carbocycles. The normalized spacial score (nSPS) is 10.3. The van der Waals surface area contributed by atoms with Crippen LogP contribution in [-0.4, -0.2) is 25.1 Å². The van der Waals surface area contributed by atoms with E-state index in [1.54, 1.807) is 18.2 Å². The maximum Gasteiger partial charge on any atom is 0.306 e. The lowest BCUT2D eigenvalue weighted by atomic mass is 10.1. The fourth-order valence-electron chi connectivity index (χ4n) is 2.38. The van der Waals surface area contributed by atoms with Crippen molar-refractivity contribution in [3.63, 3.8) is 0 Å². The summed E-state index contributed by atoms with van der Waals surface area (Å²) in [6, 6.07) is 12.8. The fourth-order valence-corrected chi connectivity index (χ4v) is 2.55. The van der Waals surface area contributed by atoms with E-state index in [9.17, 15) is 9.59 Å². The van der Waals surface area contributed by atoms with E-state index in [0.717, 1.165) is 16.9 Å². The molecule has 0 aliphatic heterocycles. The van der Waals surface area contributed by atoms with Crippen LogP contribution >= 0.6 is 11.6 Å². The van der Waals surface area contributed by atoms with Gasteiger partial charge >= 0.3 is 5.97 Å². The number of ether oxygens (including phenoxy) is 2. The molecule has 2 aromatic carbocycles. The van der Waals surface area contributed by atoms with Crippen LogP contribution in [-0.2, 0) is 20.7 Å². The van der Waals surface area contributed by atoms with E-state index >= 15 is 0 Å². The molecule has 2 aromatic rings. The lowest BCUT2D eigenvalue weighted by Gasteiger charge is -2.11. The maximum absolute atomic E-state index is 11.9. The molecule has 1 N–H and O–H groups in total. The van der Waals surface area contributed by atoms with Gasteiger partial charge in [-0.3, -0.25) is 9.59 Å². The Morgan fingerprint density at radius 3 is 2.69 bits per heavy atom. The number of para-hydroxylation sites is 1. The van der Waals surface area contributed by atoms with Crippen molar-refractivity contribution in [3.05, 3.63) is 58.6 Å². The van der Waals surface area contributed by atoms with E-state index in [4.69, 9.17) is 21.1 Å². The number of rotatable bonds is 8. The van der Waals surface area contributed by atoms with E-state index in [1.807, 2.05) is 38.1 Å². The minimum atomic E-state index is -0.436. The first kappa shape index (κ1) is 19.8. The van der Waals surface area contributed by atoms with E-state index in [-0.39, 0.29) is 13.0 Å². The summed E-state index contributed by atoms with van der Waals surface area (Å²) in [5.74, 6) is -0.0790. The van der Waals surface area contributed by atoms with Gasteiger partial charge in [0.15, 0.2) is 6.61 Å². The largest absolute Gasteiger partial charge is 0.494 e. The summed E-state index contributed by atoms with van der Waals surface area (Å²) < 4.78 is 10.6. The minimum Gasteiger partial charge on any atom is -0.494 e. The highest BCUT2D eigenvalue weighted by atomic mass is 35.5. The number of hydrogen-bond acceptors (Lipinski definition) is 4. The highest BCUT2D eigenvalue weighted by Gasteiger charge is 2.11. The molecule has 0 saturated carbocycles. The Balaban J connectivity index is 1.80. The van der Waals surface area contributed by atoms with E-state index in [1.165, 1.54) is 0 Å². The number of esters is 1. The van der Waals surface area contributed by atoms with Crippen molar-refractivity contribution >= 4 is 29.2 Å². The van der Waals surface area contributed by atoms with Gasteiger partial charge in [0.25, 0.3) is 5.91 Å². The molecule has 6 heteroatoms. The molecule has 0 bridgehead atoms. The third-order valence-corrected chi connectivity index (χ3v) is 3.94. The average Bonchev–Trinajstić information content (AvgIpc) is 2.62. The molecule has 0 heterocycles. The Morgan fingerprint density at radius 2 is 1.92 bits per heavy atom. The first-order chi connectivity index (χ1) is 12.5. The van der Waals surface area contributed by atoms with Crippen LogP contribution in [0.4, 0.5) is 5.69 Å². The molecule has 2 rings (SSSR count). The van der Waals surface area contributed by atoms with Crippen molar-refractivity contribution in [2.75, 3.05) is 18.5 Å². The standard InChI is InChI=1S/C20H22ClNO4/c1-3-25-18-7-5-4-6-15(18)9-11-20(24)26-13-19(23)22-17-12-16(21)10-8-14(17)2/h4-8,10,12H,3,9,11,13H2,1-2H3,(H,22,23). The number of hydrogen-bond donors (Lipinski definition) is 1. The van der Waals surface area contributed by atoms with Gasteiger partial charge in [0, 0.05) is 17.1 Å². The van der Waals surface area contributed by atoms with E-state index in [2.05, 4.69) is 5.32 Å². The molecular formula is C20H22ClNO4. The minimum absolute atomic E-state index is 0.174. The Labute approximate surface area is 158 Å². The number of aryl methyl sites for hydroxylation is 2. The molecule has 0 aromatic heterocycles. The number of amides is 1. The van der Waals surface area contributed by atoms with Crippen molar-refractivity contribution in [1.82, 2.24) is 0 Å². The molecule has 0 radical (unpaired) electrons. The molecular weight excluding hydrogens is 354 g/mol. The highest BCUT2D eigenvalue weighted by molar-refractivity contribution is 6.31. The third-order valence-electron chi connectivity index (χ3n) is 3.71. The molecule has 0 fully saturated rings. The van der Waals surface area contributed by atoms with Crippen LogP contribution in [0.2, 0.25) is 5.02 Å². The molecule has 5 nitrogen and oxygen atoms in total. The fraction of sp³-hybridized carbons (Fsp3) is 0.300.